The molecule has 1 aromatic carbocycles. The van der Waals surface area contributed by atoms with E-state index in [0.29, 0.717) is 0 Å². The van der Waals surface area contributed by atoms with Crippen LogP contribution in [-0.2, 0) is 0 Å². The monoisotopic (exact) mass is 199 g/mol. The highest BCUT2D eigenvalue weighted by Gasteiger charge is 2.18. The average molecular weight is 199 g/mol. The van der Waals surface area contributed by atoms with Gasteiger partial charge in [0, 0.05) is 6.08 Å². The lowest BCUT2D eigenvalue weighted by Crippen LogP contribution is -2.08. The molecule has 0 aliphatic carbocycles. The van der Waals surface area contributed by atoms with Crippen LogP contribution in [0.4, 0.5) is 0 Å². The van der Waals surface area contributed by atoms with Crippen LogP contribution in [0.25, 0.3) is 5.57 Å². The van der Waals surface area contributed by atoms with Crippen molar-refractivity contribution in [1.29, 1.82) is 5.26 Å². The standard InChI is InChI=1S/C14H17N/c1-11-5-7-12(8-6-11)13(9-10-15)14(2,3)4/h5-9H,1-4H3/b13-9+. The Hall–Kier alpha value is -1.55. The number of aryl methyl sites for hydroxylation is 1. The van der Waals surface area contributed by atoms with Gasteiger partial charge in [0.2, 0.25) is 0 Å². The highest BCUT2D eigenvalue weighted by molar-refractivity contribution is 5.71. The highest BCUT2D eigenvalue weighted by Crippen LogP contribution is 2.33. The molecule has 15 heavy (non-hydrogen) atoms. The summed E-state index contributed by atoms with van der Waals surface area (Å²) in [6, 6.07) is 10.4. The lowest BCUT2D eigenvalue weighted by Gasteiger charge is -2.22. The molecule has 0 N–H and O–H groups in total. The van der Waals surface area contributed by atoms with Crippen molar-refractivity contribution in [3.8, 4) is 6.07 Å². The minimum Gasteiger partial charge on any atom is -0.193 e. The summed E-state index contributed by atoms with van der Waals surface area (Å²) in [5, 5.41) is 8.79. The van der Waals surface area contributed by atoms with Crippen LogP contribution < -0.4 is 0 Å². The molecule has 1 nitrogen and oxygen atoms in total. The minimum absolute atomic E-state index is 0.00495. The van der Waals surface area contributed by atoms with Gasteiger partial charge in [-0.05, 0) is 23.5 Å². The largest absolute Gasteiger partial charge is 0.193 e. The van der Waals surface area contributed by atoms with Gasteiger partial charge in [-0.1, -0.05) is 50.6 Å². The smallest absolute Gasteiger partial charge is 0.0915 e. The summed E-state index contributed by atoms with van der Waals surface area (Å²) in [6.07, 6.45) is 1.64. The van der Waals surface area contributed by atoms with Gasteiger partial charge < -0.3 is 0 Å². The molecular weight excluding hydrogens is 182 g/mol. The second-order valence-corrected chi connectivity index (χ2v) is 4.80. The number of nitriles is 1. The van der Waals surface area contributed by atoms with E-state index in [1.165, 1.54) is 5.56 Å². The van der Waals surface area contributed by atoms with Crippen molar-refractivity contribution >= 4 is 5.57 Å². The first kappa shape index (κ1) is 11.5. The quantitative estimate of drug-likeness (QED) is 0.628. The molecule has 0 radical (unpaired) electrons. The topological polar surface area (TPSA) is 23.8 Å². The van der Waals surface area contributed by atoms with Crippen LogP contribution in [0.3, 0.4) is 0 Å². The van der Waals surface area contributed by atoms with Crippen LogP contribution in [0.15, 0.2) is 30.3 Å². The van der Waals surface area contributed by atoms with Crippen molar-refractivity contribution in [2.75, 3.05) is 0 Å². The fourth-order valence-corrected chi connectivity index (χ4v) is 1.53. The summed E-state index contributed by atoms with van der Waals surface area (Å²) in [5.74, 6) is 0. The SMILES string of the molecule is Cc1ccc(/C(=C\C#N)C(C)(C)C)cc1. The van der Waals surface area contributed by atoms with Crippen molar-refractivity contribution in [2.45, 2.75) is 27.7 Å². The van der Waals surface area contributed by atoms with Gasteiger partial charge in [0.1, 0.15) is 0 Å². The van der Waals surface area contributed by atoms with Crippen LogP contribution in [0, 0.1) is 23.7 Å². The van der Waals surface area contributed by atoms with Crippen LogP contribution >= 0.6 is 0 Å². The molecule has 0 bridgehead atoms. The summed E-state index contributed by atoms with van der Waals surface area (Å²) in [5.41, 5.74) is 3.47. The molecule has 78 valence electrons. The van der Waals surface area contributed by atoms with E-state index in [2.05, 4.69) is 58.0 Å². The summed E-state index contributed by atoms with van der Waals surface area (Å²) in [6.45, 7) is 8.43. The third-order valence-corrected chi connectivity index (χ3v) is 2.38. The summed E-state index contributed by atoms with van der Waals surface area (Å²) in [4.78, 5) is 0. The minimum atomic E-state index is 0.00495. The maximum absolute atomic E-state index is 8.79. The van der Waals surface area contributed by atoms with Gasteiger partial charge in [0.25, 0.3) is 0 Å². The van der Waals surface area contributed by atoms with E-state index in [-0.39, 0.29) is 5.41 Å². The van der Waals surface area contributed by atoms with Crippen molar-refractivity contribution < 1.29 is 0 Å². The molecule has 0 saturated heterocycles. The van der Waals surface area contributed by atoms with E-state index < -0.39 is 0 Å². The van der Waals surface area contributed by atoms with Crippen LogP contribution in [0.1, 0.15) is 31.9 Å². The lowest BCUT2D eigenvalue weighted by atomic mass is 9.82. The van der Waals surface area contributed by atoms with E-state index in [0.717, 1.165) is 11.1 Å². The molecule has 1 heteroatoms. The molecule has 0 heterocycles. The predicted octanol–water partition coefficient (Wildman–Crippen LogP) is 3.95. The van der Waals surface area contributed by atoms with Gasteiger partial charge in [-0.15, -0.1) is 0 Å². The Bertz CT molecular complexity index is 396. The van der Waals surface area contributed by atoms with Gasteiger partial charge in [-0.2, -0.15) is 5.26 Å². The lowest BCUT2D eigenvalue weighted by molar-refractivity contribution is 0.567. The fraction of sp³-hybridized carbons (Fsp3) is 0.357. The molecule has 0 atom stereocenters. The Morgan fingerprint density at radius 3 is 2.13 bits per heavy atom. The van der Waals surface area contributed by atoms with Crippen LogP contribution in [0.2, 0.25) is 0 Å². The predicted molar refractivity (Wildman–Crippen MR) is 64.2 cm³/mol. The molecule has 0 aromatic heterocycles. The zero-order valence-corrected chi connectivity index (χ0v) is 9.83. The third kappa shape index (κ3) is 2.95. The zero-order chi connectivity index (χ0) is 11.5. The van der Waals surface area contributed by atoms with Gasteiger partial charge in [-0.3, -0.25) is 0 Å². The number of benzene rings is 1. The molecule has 0 spiro atoms. The fourth-order valence-electron chi connectivity index (χ4n) is 1.53. The van der Waals surface area contributed by atoms with E-state index in [1.54, 1.807) is 6.08 Å². The number of nitrogens with zero attached hydrogens (tertiary/aromatic N) is 1. The van der Waals surface area contributed by atoms with Gasteiger partial charge in [0.15, 0.2) is 0 Å². The maximum Gasteiger partial charge on any atom is 0.0915 e. The van der Waals surface area contributed by atoms with Gasteiger partial charge >= 0.3 is 0 Å². The summed E-state index contributed by atoms with van der Waals surface area (Å²) >= 11 is 0. The number of hydrogen-bond acceptors (Lipinski definition) is 1. The maximum atomic E-state index is 8.79. The van der Waals surface area contributed by atoms with Crippen molar-refractivity contribution in [1.82, 2.24) is 0 Å². The Morgan fingerprint density at radius 2 is 1.73 bits per heavy atom. The first-order chi connectivity index (χ1) is 6.95. The molecule has 0 aliphatic heterocycles. The molecule has 1 aromatic rings. The molecule has 1 rings (SSSR count). The summed E-state index contributed by atoms with van der Waals surface area (Å²) < 4.78 is 0. The Labute approximate surface area is 92.1 Å². The molecule has 0 unspecified atom stereocenters. The van der Waals surface area contributed by atoms with Gasteiger partial charge in [-0.25, -0.2) is 0 Å². The van der Waals surface area contributed by atoms with Crippen molar-refractivity contribution in [3.63, 3.8) is 0 Å². The van der Waals surface area contributed by atoms with Crippen molar-refractivity contribution in [3.05, 3.63) is 41.5 Å². The Morgan fingerprint density at radius 1 is 1.20 bits per heavy atom. The van der Waals surface area contributed by atoms with E-state index >= 15 is 0 Å². The highest BCUT2D eigenvalue weighted by atomic mass is 14.3. The van der Waals surface area contributed by atoms with Crippen LogP contribution in [0.5, 0.6) is 0 Å². The number of allylic oxidation sites excluding steroid dienone is 2. The average Bonchev–Trinajstić information content (AvgIpc) is 2.14. The third-order valence-electron chi connectivity index (χ3n) is 2.38. The molecule has 0 amide bonds. The second-order valence-electron chi connectivity index (χ2n) is 4.80. The molecule has 0 fully saturated rings. The Kier molecular flexibility index (Phi) is 3.31. The van der Waals surface area contributed by atoms with E-state index in [9.17, 15) is 0 Å². The van der Waals surface area contributed by atoms with Crippen molar-refractivity contribution in [2.24, 2.45) is 5.41 Å². The molecular formula is C14H17N. The number of rotatable bonds is 1. The molecule has 0 saturated carbocycles. The van der Waals surface area contributed by atoms with Crippen LogP contribution in [-0.4, -0.2) is 0 Å². The zero-order valence-electron chi connectivity index (χ0n) is 9.83. The van der Waals surface area contributed by atoms with E-state index in [1.807, 2.05) is 0 Å². The normalized spacial score (nSPS) is 12.3. The molecule has 0 aliphatic rings. The second kappa shape index (κ2) is 4.31. The van der Waals surface area contributed by atoms with Gasteiger partial charge in [0.05, 0.1) is 6.07 Å². The first-order valence-corrected chi connectivity index (χ1v) is 5.12. The first-order valence-electron chi connectivity index (χ1n) is 5.12. The Balaban J connectivity index is 3.19. The summed E-state index contributed by atoms with van der Waals surface area (Å²) in [7, 11) is 0. The van der Waals surface area contributed by atoms with E-state index in [4.69, 9.17) is 5.26 Å². The number of hydrogen-bond donors (Lipinski definition) is 0.